The van der Waals surface area contributed by atoms with E-state index >= 15 is 0 Å². The topological polar surface area (TPSA) is 57.2 Å². The second kappa shape index (κ2) is 7.84. The molecule has 0 aliphatic carbocycles. The highest BCUT2D eigenvalue weighted by molar-refractivity contribution is 5.92. The molecule has 0 N–H and O–H groups in total. The van der Waals surface area contributed by atoms with E-state index in [1.807, 2.05) is 41.3 Å². The average Bonchev–Trinajstić information content (AvgIpc) is 2.75. The molecule has 2 aliphatic heterocycles. The number of benzene rings is 2. The molecule has 0 radical (unpaired) electrons. The van der Waals surface area contributed by atoms with Crippen LogP contribution in [0.25, 0.3) is 6.08 Å². The van der Waals surface area contributed by atoms with Crippen LogP contribution in [0, 0.1) is 0 Å². The van der Waals surface area contributed by atoms with Crippen molar-refractivity contribution >= 4 is 12.0 Å². The molecule has 2 aromatic rings. The molecule has 2 aromatic carbocycles. The van der Waals surface area contributed by atoms with Crippen LogP contribution in [-0.2, 0) is 17.8 Å². The molecule has 1 amide bonds. The van der Waals surface area contributed by atoms with Gasteiger partial charge in [0.15, 0.2) is 23.0 Å². The summed E-state index contributed by atoms with van der Waals surface area (Å²) >= 11 is 0. The van der Waals surface area contributed by atoms with E-state index in [0.29, 0.717) is 37.8 Å². The Balaban J connectivity index is 1.47. The Labute approximate surface area is 164 Å². The van der Waals surface area contributed by atoms with Gasteiger partial charge < -0.3 is 23.8 Å². The molecule has 0 fully saturated rings. The van der Waals surface area contributed by atoms with Gasteiger partial charge >= 0.3 is 0 Å². The minimum absolute atomic E-state index is 0.0182. The van der Waals surface area contributed by atoms with Gasteiger partial charge in [-0.15, -0.1) is 0 Å². The Bertz CT molecular complexity index is 921. The van der Waals surface area contributed by atoms with E-state index in [9.17, 15) is 4.79 Å². The molecule has 0 spiro atoms. The first-order valence-corrected chi connectivity index (χ1v) is 9.28. The second-order valence-corrected chi connectivity index (χ2v) is 6.72. The molecule has 28 heavy (non-hydrogen) atoms. The monoisotopic (exact) mass is 381 g/mol. The van der Waals surface area contributed by atoms with Gasteiger partial charge in [0.2, 0.25) is 5.91 Å². The molecule has 6 heteroatoms. The minimum atomic E-state index is -0.0182. The summed E-state index contributed by atoms with van der Waals surface area (Å²) in [4.78, 5) is 14.5. The predicted molar refractivity (Wildman–Crippen MR) is 105 cm³/mol. The molecule has 0 aromatic heterocycles. The maximum Gasteiger partial charge on any atom is 0.246 e. The van der Waals surface area contributed by atoms with Crippen molar-refractivity contribution in [1.82, 2.24) is 4.90 Å². The fraction of sp³-hybridized carbons (Fsp3) is 0.318. The Morgan fingerprint density at radius 3 is 2.46 bits per heavy atom. The minimum Gasteiger partial charge on any atom is -0.493 e. The highest BCUT2D eigenvalue weighted by Crippen LogP contribution is 2.33. The maximum atomic E-state index is 12.7. The number of hydrogen-bond acceptors (Lipinski definition) is 5. The summed E-state index contributed by atoms with van der Waals surface area (Å²) in [6.07, 6.45) is 4.21. The van der Waals surface area contributed by atoms with Crippen LogP contribution >= 0.6 is 0 Å². The quantitative estimate of drug-likeness (QED) is 0.762. The van der Waals surface area contributed by atoms with Crippen molar-refractivity contribution < 1.29 is 23.7 Å². The van der Waals surface area contributed by atoms with E-state index in [2.05, 4.69) is 0 Å². The van der Waals surface area contributed by atoms with Gasteiger partial charge in [0.1, 0.15) is 13.2 Å². The summed E-state index contributed by atoms with van der Waals surface area (Å²) in [5.74, 6) is 2.85. The summed E-state index contributed by atoms with van der Waals surface area (Å²) < 4.78 is 21.9. The lowest BCUT2D eigenvalue weighted by atomic mass is 9.98. The average molecular weight is 381 g/mol. The zero-order valence-electron chi connectivity index (χ0n) is 16.1. The lowest BCUT2D eigenvalue weighted by Gasteiger charge is -2.28. The summed E-state index contributed by atoms with van der Waals surface area (Å²) in [7, 11) is 3.25. The van der Waals surface area contributed by atoms with E-state index in [-0.39, 0.29) is 5.91 Å². The van der Waals surface area contributed by atoms with Crippen LogP contribution in [0.5, 0.6) is 23.0 Å². The van der Waals surface area contributed by atoms with Crippen molar-refractivity contribution in [2.24, 2.45) is 0 Å². The lowest BCUT2D eigenvalue weighted by Crippen LogP contribution is -2.34. The number of rotatable bonds is 4. The van der Waals surface area contributed by atoms with Crippen molar-refractivity contribution in [1.29, 1.82) is 0 Å². The van der Waals surface area contributed by atoms with Crippen LogP contribution in [0.15, 0.2) is 36.4 Å². The zero-order valence-corrected chi connectivity index (χ0v) is 16.1. The lowest BCUT2D eigenvalue weighted by molar-refractivity contribution is -0.126. The largest absolute Gasteiger partial charge is 0.493 e. The summed E-state index contributed by atoms with van der Waals surface area (Å²) in [6.45, 7) is 2.33. The van der Waals surface area contributed by atoms with Crippen molar-refractivity contribution in [2.45, 2.75) is 13.0 Å². The highest BCUT2D eigenvalue weighted by atomic mass is 16.6. The van der Waals surface area contributed by atoms with E-state index in [4.69, 9.17) is 18.9 Å². The van der Waals surface area contributed by atoms with Crippen molar-refractivity contribution in [3.63, 3.8) is 0 Å². The Kier molecular flexibility index (Phi) is 5.10. The predicted octanol–water partition coefficient (Wildman–Crippen LogP) is 3.07. The van der Waals surface area contributed by atoms with Crippen LogP contribution in [-0.4, -0.2) is 44.8 Å². The first kappa shape index (κ1) is 18.2. The Hall–Kier alpha value is -3.15. The Morgan fingerprint density at radius 1 is 1.00 bits per heavy atom. The Morgan fingerprint density at radius 2 is 1.71 bits per heavy atom. The first-order valence-electron chi connectivity index (χ1n) is 9.28. The SMILES string of the molecule is COc1cc2c(cc1OC)CN(C(=O)/C=C/c1ccc3c(c1)OCCO3)CC2. The van der Waals surface area contributed by atoms with E-state index in [0.717, 1.165) is 29.0 Å². The molecule has 0 bridgehead atoms. The van der Waals surface area contributed by atoms with E-state index < -0.39 is 0 Å². The van der Waals surface area contributed by atoms with Crippen LogP contribution in [0.1, 0.15) is 16.7 Å². The summed E-state index contributed by atoms with van der Waals surface area (Å²) in [6, 6.07) is 9.63. The van der Waals surface area contributed by atoms with Gasteiger partial charge in [0, 0.05) is 19.2 Å². The van der Waals surface area contributed by atoms with Crippen LogP contribution < -0.4 is 18.9 Å². The fourth-order valence-electron chi connectivity index (χ4n) is 3.51. The molecule has 0 unspecified atom stereocenters. The number of carbonyl (C=O) groups is 1. The fourth-order valence-corrected chi connectivity index (χ4v) is 3.51. The molecule has 0 atom stereocenters. The van der Waals surface area contributed by atoms with Crippen molar-refractivity contribution in [3.8, 4) is 23.0 Å². The number of nitrogens with zero attached hydrogens (tertiary/aromatic N) is 1. The molecule has 0 saturated carbocycles. The smallest absolute Gasteiger partial charge is 0.246 e. The molecule has 146 valence electrons. The number of fused-ring (bicyclic) bond motifs is 2. The third kappa shape index (κ3) is 3.63. The van der Waals surface area contributed by atoms with Gasteiger partial charge in [-0.1, -0.05) is 6.07 Å². The van der Waals surface area contributed by atoms with Crippen molar-refractivity contribution in [3.05, 3.63) is 53.1 Å². The molecule has 6 nitrogen and oxygen atoms in total. The normalized spacial score (nSPS) is 15.3. The first-order chi connectivity index (χ1) is 13.7. The second-order valence-electron chi connectivity index (χ2n) is 6.72. The van der Waals surface area contributed by atoms with E-state index in [1.54, 1.807) is 20.3 Å². The van der Waals surface area contributed by atoms with Gasteiger partial charge in [0.05, 0.1) is 14.2 Å². The van der Waals surface area contributed by atoms with E-state index in [1.165, 1.54) is 5.56 Å². The maximum absolute atomic E-state index is 12.7. The molecule has 4 rings (SSSR count). The van der Waals surface area contributed by atoms with Gasteiger partial charge in [-0.05, 0) is 53.5 Å². The number of amides is 1. The standard InChI is InChI=1S/C22H23NO5/c1-25-19-12-16-7-8-23(14-17(16)13-20(19)26-2)22(24)6-4-15-3-5-18-21(11-15)28-10-9-27-18/h3-6,11-13H,7-10,14H2,1-2H3/b6-4+. The van der Waals surface area contributed by atoms with Gasteiger partial charge in [-0.25, -0.2) is 0 Å². The summed E-state index contributed by atoms with van der Waals surface area (Å²) in [5, 5.41) is 0. The number of ether oxygens (including phenoxy) is 4. The molecular formula is C22H23NO5. The highest BCUT2D eigenvalue weighted by Gasteiger charge is 2.21. The third-order valence-corrected chi connectivity index (χ3v) is 5.01. The van der Waals surface area contributed by atoms with Gasteiger partial charge in [-0.2, -0.15) is 0 Å². The molecule has 2 heterocycles. The molecular weight excluding hydrogens is 358 g/mol. The third-order valence-electron chi connectivity index (χ3n) is 5.01. The molecule has 2 aliphatic rings. The zero-order chi connectivity index (χ0) is 19.5. The van der Waals surface area contributed by atoms with Gasteiger partial charge in [0.25, 0.3) is 0 Å². The number of hydrogen-bond donors (Lipinski definition) is 0. The summed E-state index contributed by atoms with van der Waals surface area (Å²) in [5.41, 5.74) is 3.18. The van der Waals surface area contributed by atoms with Gasteiger partial charge in [-0.3, -0.25) is 4.79 Å². The van der Waals surface area contributed by atoms with Crippen LogP contribution in [0.3, 0.4) is 0 Å². The number of carbonyl (C=O) groups excluding carboxylic acids is 1. The number of methoxy groups -OCH3 is 2. The molecule has 0 saturated heterocycles. The van der Waals surface area contributed by atoms with Crippen molar-refractivity contribution in [2.75, 3.05) is 34.0 Å². The van der Waals surface area contributed by atoms with Crippen LogP contribution in [0.2, 0.25) is 0 Å². The van der Waals surface area contributed by atoms with Crippen LogP contribution in [0.4, 0.5) is 0 Å².